The second kappa shape index (κ2) is 7.03. The molecule has 2 rings (SSSR count). The number of H-pyrrole nitrogens is 1. The molecule has 106 valence electrons. The number of hydrogen-bond donors (Lipinski definition) is 3. The van der Waals surface area contributed by atoms with Gasteiger partial charge in [0.25, 0.3) is 11.5 Å². The minimum Gasteiger partial charge on any atom is -0.395 e. The van der Waals surface area contributed by atoms with Crippen LogP contribution in [0.2, 0.25) is 0 Å². The van der Waals surface area contributed by atoms with Gasteiger partial charge in [-0.15, -0.1) is 0 Å². The van der Waals surface area contributed by atoms with E-state index in [1.165, 1.54) is 6.20 Å². The number of anilines is 1. The Morgan fingerprint density at radius 2 is 2.10 bits per heavy atom. The van der Waals surface area contributed by atoms with Crippen molar-refractivity contribution in [3.05, 3.63) is 58.3 Å². The molecule has 3 N–H and O–H groups in total. The van der Waals surface area contributed by atoms with E-state index in [0.717, 1.165) is 11.8 Å². The third-order valence-electron chi connectivity index (χ3n) is 2.52. The quantitative estimate of drug-likeness (QED) is 0.725. The summed E-state index contributed by atoms with van der Waals surface area (Å²) in [6.07, 6.45) is 2.73. The number of carbonyl (C=O) groups excluding carboxylic acids is 1. The zero-order valence-corrected chi connectivity index (χ0v) is 11.1. The number of carbonyl (C=O) groups is 1. The maximum Gasteiger partial charge on any atom is 0.275 e. The van der Waals surface area contributed by atoms with Gasteiger partial charge in [0.2, 0.25) is 0 Å². The Morgan fingerprint density at radius 1 is 1.33 bits per heavy atom. The van der Waals surface area contributed by atoms with Crippen LogP contribution in [0.25, 0.3) is 0 Å². The minimum atomic E-state index is -0.412. The first-order valence-corrected chi connectivity index (χ1v) is 6.25. The Kier molecular flexibility index (Phi) is 4.85. The Bertz CT molecular complexity index is 719. The molecule has 0 fully saturated rings. The third-order valence-corrected chi connectivity index (χ3v) is 2.52. The summed E-state index contributed by atoms with van der Waals surface area (Å²) >= 11 is 0. The lowest BCUT2D eigenvalue weighted by molar-refractivity contribution is 0.102. The lowest BCUT2D eigenvalue weighted by Crippen LogP contribution is -2.16. The number of nitrogens with one attached hydrogen (secondary N) is 2. The Hall–Kier alpha value is -2.91. The smallest absolute Gasteiger partial charge is 0.275 e. The van der Waals surface area contributed by atoms with Gasteiger partial charge in [0.1, 0.15) is 5.69 Å². The molecule has 0 aliphatic rings. The van der Waals surface area contributed by atoms with E-state index >= 15 is 0 Å². The third kappa shape index (κ3) is 4.30. The van der Waals surface area contributed by atoms with Crippen LogP contribution in [0.5, 0.6) is 0 Å². The Morgan fingerprint density at radius 3 is 2.71 bits per heavy atom. The van der Waals surface area contributed by atoms with Gasteiger partial charge >= 0.3 is 0 Å². The largest absolute Gasteiger partial charge is 0.395 e. The summed E-state index contributed by atoms with van der Waals surface area (Å²) in [7, 11) is 0. The molecule has 0 aliphatic heterocycles. The summed E-state index contributed by atoms with van der Waals surface area (Å²) in [5.74, 6) is 5.29. The zero-order chi connectivity index (χ0) is 15.1. The molecule has 0 spiro atoms. The molecule has 2 aromatic rings. The van der Waals surface area contributed by atoms with E-state index in [1.54, 1.807) is 24.3 Å². The predicted molar refractivity (Wildman–Crippen MR) is 77.8 cm³/mol. The Balaban J connectivity index is 2.03. The SMILES string of the molecule is O=C(Nc1ccc(C#CCCO)cc1)c1c[nH]c(=O)cn1. The van der Waals surface area contributed by atoms with E-state index < -0.39 is 5.91 Å². The summed E-state index contributed by atoms with van der Waals surface area (Å²) in [5.41, 5.74) is 1.16. The molecule has 21 heavy (non-hydrogen) atoms. The molecule has 0 saturated heterocycles. The highest BCUT2D eigenvalue weighted by Gasteiger charge is 2.07. The molecule has 0 atom stereocenters. The first kappa shape index (κ1) is 14.5. The van der Waals surface area contributed by atoms with Gasteiger partial charge in [-0.3, -0.25) is 9.59 Å². The number of nitrogens with zero attached hydrogens (tertiary/aromatic N) is 1. The first-order chi connectivity index (χ1) is 10.2. The van der Waals surface area contributed by atoms with Crippen molar-refractivity contribution in [1.29, 1.82) is 0 Å². The van der Waals surface area contributed by atoms with Crippen LogP contribution >= 0.6 is 0 Å². The molecule has 0 saturated carbocycles. The van der Waals surface area contributed by atoms with Gasteiger partial charge in [0.05, 0.1) is 12.8 Å². The van der Waals surface area contributed by atoms with Crippen molar-refractivity contribution >= 4 is 11.6 Å². The fourth-order valence-electron chi connectivity index (χ4n) is 1.52. The van der Waals surface area contributed by atoms with Gasteiger partial charge in [-0.2, -0.15) is 0 Å². The van der Waals surface area contributed by atoms with E-state index in [0.29, 0.717) is 12.1 Å². The summed E-state index contributed by atoms with van der Waals surface area (Å²) < 4.78 is 0. The van der Waals surface area contributed by atoms with Gasteiger partial charge < -0.3 is 15.4 Å². The summed E-state index contributed by atoms with van der Waals surface area (Å²) in [6, 6.07) is 6.96. The molecule has 1 aromatic heterocycles. The van der Waals surface area contributed by atoms with Crippen molar-refractivity contribution in [2.45, 2.75) is 6.42 Å². The fourth-order valence-corrected chi connectivity index (χ4v) is 1.52. The van der Waals surface area contributed by atoms with E-state index in [9.17, 15) is 9.59 Å². The topological polar surface area (TPSA) is 95.1 Å². The standard InChI is InChI=1S/C15H13N3O3/c19-8-2-1-3-11-4-6-12(7-5-11)18-15(21)13-9-17-14(20)10-16-13/h4-7,9-10,19H,2,8H2,(H,17,20)(H,18,21). The van der Waals surface area contributed by atoms with Crippen LogP contribution in [-0.4, -0.2) is 27.6 Å². The van der Waals surface area contributed by atoms with E-state index in [1.807, 2.05) is 0 Å². The van der Waals surface area contributed by atoms with Crippen LogP contribution < -0.4 is 10.9 Å². The monoisotopic (exact) mass is 283 g/mol. The van der Waals surface area contributed by atoms with Gasteiger partial charge in [0, 0.05) is 23.9 Å². The Labute approximate surface area is 120 Å². The number of aromatic amines is 1. The molecule has 0 bridgehead atoms. The highest BCUT2D eigenvalue weighted by atomic mass is 16.2. The summed E-state index contributed by atoms with van der Waals surface area (Å²) in [4.78, 5) is 28.9. The van der Waals surface area contributed by atoms with Crippen molar-refractivity contribution < 1.29 is 9.90 Å². The number of rotatable bonds is 3. The molecule has 0 aliphatic carbocycles. The van der Waals surface area contributed by atoms with E-state index in [4.69, 9.17) is 5.11 Å². The molecule has 1 aromatic carbocycles. The van der Waals surface area contributed by atoms with E-state index in [2.05, 4.69) is 27.1 Å². The lowest BCUT2D eigenvalue weighted by Gasteiger charge is -2.04. The van der Waals surface area contributed by atoms with Crippen molar-refractivity contribution in [2.75, 3.05) is 11.9 Å². The maximum absolute atomic E-state index is 11.9. The van der Waals surface area contributed by atoms with Crippen LogP contribution in [0.15, 0.2) is 41.5 Å². The fraction of sp³-hybridized carbons (Fsp3) is 0.133. The minimum absolute atomic E-state index is 0.0350. The first-order valence-electron chi connectivity index (χ1n) is 6.25. The van der Waals surface area contributed by atoms with Gasteiger partial charge in [-0.05, 0) is 24.3 Å². The number of amides is 1. The molecule has 1 amide bonds. The molecular formula is C15H13N3O3. The van der Waals surface area contributed by atoms with Crippen LogP contribution in [0.4, 0.5) is 5.69 Å². The maximum atomic E-state index is 11.9. The molecule has 6 heteroatoms. The molecule has 6 nitrogen and oxygen atoms in total. The predicted octanol–water partition coefficient (Wildman–Crippen LogP) is 0.756. The van der Waals surface area contributed by atoms with Crippen LogP contribution in [0, 0.1) is 11.8 Å². The normalized spacial score (nSPS) is 9.57. The number of benzene rings is 1. The number of aromatic nitrogens is 2. The van der Waals surface area contributed by atoms with Crippen LogP contribution in [0.3, 0.4) is 0 Å². The summed E-state index contributed by atoms with van der Waals surface area (Å²) in [6.45, 7) is 0.0350. The van der Waals surface area contributed by atoms with E-state index in [-0.39, 0.29) is 17.9 Å². The number of aliphatic hydroxyl groups is 1. The van der Waals surface area contributed by atoms with Crippen LogP contribution in [-0.2, 0) is 0 Å². The second-order valence-electron chi connectivity index (χ2n) is 4.10. The highest BCUT2D eigenvalue weighted by Crippen LogP contribution is 2.09. The summed E-state index contributed by atoms with van der Waals surface area (Å²) in [5, 5.41) is 11.3. The van der Waals surface area contributed by atoms with Crippen molar-refractivity contribution in [3.63, 3.8) is 0 Å². The number of aliphatic hydroxyl groups excluding tert-OH is 1. The van der Waals surface area contributed by atoms with Crippen molar-refractivity contribution in [3.8, 4) is 11.8 Å². The van der Waals surface area contributed by atoms with Gasteiger partial charge in [-0.25, -0.2) is 4.98 Å². The number of hydrogen-bond acceptors (Lipinski definition) is 4. The van der Waals surface area contributed by atoms with Crippen LogP contribution in [0.1, 0.15) is 22.5 Å². The highest BCUT2D eigenvalue weighted by molar-refractivity contribution is 6.02. The lowest BCUT2D eigenvalue weighted by atomic mass is 10.2. The van der Waals surface area contributed by atoms with Crippen molar-refractivity contribution in [1.82, 2.24) is 9.97 Å². The van der Waals surface area contributed by atoms with Gasteiger partial charge in [0.15, 0.2) is 0 Å². The molecular weight excluding hydrogens is 270 g/mol. The molecule has 0 unspecified atom stereocenters. The average Bonchev–Trinajstić information content (AvgIpc) is 2.50. The molecule has 0 radical (unpaired) electrons. The molecule has 1 heterocycles. The average molecular weight is 283 g/mol. The van der Waals surface area contributed by atoms with Gasteiger partial charge in [-0.1, -0.05) is 11.8 Å². The van der Waals surface area contributed by atoms with Crippen molar-refractivity contribution in [2.24, 2.45) is 0 Å². The second-order valence-corrected chi connectivity index (χ2v) is 4.10. The zero-order valence-electron chi connectivity index (χ0n) is 11.1.